The molecule has 11 heteroatoms. The fourth-order valence-corrected chi connectivity index (χ4v) is 2.18. The van der Waals surface area contributed by atoms with Crippen LogP contribution in [0.3, 0.4) is 0 Å². The minimum absolute atomic E-state index is 0.488. The molecule has 152 valence electrons. The molecule has 0 aliphatic rings. The van der Waals surface area contributed by atoms with Gasteiger partial charge >= 0.3 is 39.1 Å². The summed E-state index contributed by atoms with van der Waals surface area (Å²) >= 11 is 3.57. The van der Waals surface area contributed by atoms with E-state index in [0.717, 1.165) is 23.3 Å². The summed E-state index contributed by atoms with van der Waals surface area (Å²) in [5.74, 6) is 0.488. The van der Waals surface area contributed by atoms with Gasteiger partial charge in [-0.15, -0.1) is 0 Å². The standard InChI is InChI=1S/C16H16O3S.F6P/c1-18-16(17)19-14-9-10-15(20)13(11-14)8-7-12-5-3-2-4-6-12;1-7(2,3,4,5)6/h2-6,9-11,20H,7-8H2,1H3;/q;-1/p+1. The predicted molar refractivity (Wildman–Crippen MR) is 95.3 cm³/mol. The molecule has 0 N–H and O–H groups in total. The molecule has 2 aromatic rings. The molecular formula is C16H17F6O3PS. The number of carbonyl (C=O) groups excluding carboxylic acids is 1. The Kier molecular flexibility index (Phi) is 6.83. The Bertz CT molecular complexity index is 770. The number of hydrogen-bond donors (Lipinski definition) is 0. The number of hydrogen-bond acceptors (Lipinski definition) is 3. The number of halogens is 6. The summed E-state index contributed by atoms with van der Waals surface area (Å²) in [4.78, 5) is 12.1. The van der Waals surface area contributed by atoms with Crippen molar-refractivity contribution < 1.29 is 39.4 Å². The summed E-state index contributed by atoms with van der Waals surface area (Å²) < 4.78 is 68.7. The van der Waals surface area contributed by atoms with Crippen molar-refractivity contribution in [2.75, 3.05) is 7.11 Å². The Balaban J connectivity index is 0.000000445. The molecule has 0 aromatic heterocycles. The number of benzene rings is 2. The molecule has 0 saturated heterocycles. The molecule has 3 nitrogen and oxygen atoms in total. The van der Waals surface area contributed by atoms with Crippen LogP contribution in [0.5, 0.6) is 5.75 Å². The molecular weight excluding hydrogens is 417 g/mol. The molecule has 27 heavy (non-hydrogen) atoms. The van der Waals surface area contributed by atoms with Crippen molar-refractivity contribution in [2.24, 2.45) is 0 Å². The fourth-order valence-electron chi connectivity index (χ4n) is 1.90. The first-order chi connectivity index (χ1) is 12.1. The number of methoxy groups -OCH3 is 1. The molecule has 0 spiro atoms. The van der Waals surface area contributed by atoms with Gasteiger partial charge in [0.15, 0.2) is 4.90 Å². The van der Waals surface area contributed by atoms with Crippen LogP contribution < -0.4 is 4.74 Å². The van der Waals surface area contributed by atoms with Gasteiger partial charge in [-0.25, -0.2) is 4.79 Å². The zero-order valence-electron chi connectivity index (χ0n) is 14.0. The van der Waals surface area contributed by atoms with Gasteiger partial charge in [0.05, 0.1) is 7.11 Å². The van der Waals surface area contributed by atoms with E-state index in [1.807, 2.05) is 30.3 Å². The Morgan fingerprint density at radius 2 is 1.52 bits per heavy atom. The van der Waals surface area contributed by atoms with E-state index in [0.29, 0.717) is 5.75 Å². The average Bonchev–Trinajstić information content (AvgIpc) is 2.53. The SMILES string of the molecule is COC(=O)Oc1ccc([SH2+])c(CCc2ccccc2)c1.F[P-](F)(F)(F)(F)F. The van der Waals surface area contributed by atoms with E-state index < -0.39 is 14.0 Å². The summed E-state index contributed by atoms with van der Waals surface area (Å²) in [5, 5.41) is 0. The third-order valence-corrected chi connectivity index (χ3v) is 3.46. The van der Waals surface area contributed by atoms with Gasteiger partial charge in [-0.3, -0.25) is 0 Å². The summed E-state index contributed by atoms with van der Waals surface area (Å²) in [6, 6.07) is 15.7. The Labute approximate surface area is 156 Å². The van der Waals surface area contributed by atoms with Crippen LogP contribution in [0.4, 0.5) is 30.0 Å². The van der Waals surface area contributed by atoms with Crippen LogP contribution in [0, 0.1) is 0 Å². The van der Waals surface area contributed by atoms with Gasteiger partial charge in [-0.05, 0) is 49.2 Å². The molecule has 0 aliphatic heterocycles. The van der Waals surface area contributed by atoms with Gasteiger partial charge in [-0.1, -0.05) is 30.3 Å². The molecule has 0 bridgehead atoms. The Morgan fingerprint density at radius 1 is 0.963 bits per heavy atom. The van der Waals surface area contributed by atoms with E-state index in [2.05, 4.69) is 29.5 Å². The summed E-state index contributed by atoms with van der Waals surface area (Å²) in [7, 11) is -9.37. The van der Waals surface area contributed by atoms with Crippen molar-refractivity contribution in [1.82, 2.24) is 0 Å². The molecule has 0 atom stereocenters. The van der Waals surface area contributed by atoms with Crippen LogP contribution in [0.2, 0.25) is 0 Å². The number of aryl methyl sites for hydroxylation is 2. The van der Waals surface area contributed by atoms with Gasteiger partial charge in [0, 0.05) is 5.56 Å². The van der Waals surface area contributed by atoms with Gasteiger partial charge in [0.2, 0.25) is 0 Å². The van der Waals surface area contributed by atoms with Crippen molar-refractivity contribution in [3.63, 3.8) is 0 Å². The first-order valence-corrected chi connectivity index (χ1v) is 9.87. The quantitative estimate of drug-likeness (QED) is 0.184. The summed E-state index contributed by atoms with van der Waals surface area (Å²) in [5.41, 5.74) is 2.37. The number of ether oxygens (including phenoxy) is 2. The third kappa shape index (κ3) is 13.0. The van der Waals surface area contributed by atoms with Crippen molar-refractivity contribution >= 4 is 26.6 Å². The topological polar surface area (TPSA) is 35.5 Å². The molecule has 0 aliphatic carbocycles. The Morgan fingerprint density at radius 3 is 2.04 bits per heavy atom. The second-order valence-corrected chi connectivity index (χ2v) is 7.77. The second-order valence-electron chi connectivity index (χ2n) is 5.32. The van der Waals surface area contributed by atoms with Crippen LogP contribution in [0.15, 0.2) is 53.4 Å². The summed E-state index contributed by atoms with van der Waals surface area (Å²) in [6.45, 7) is 0. The molecule has 0 saturated carbocycles. The first kappa shape index (κ1) is 23.1. The minimum atomic E-state index is -10.7. The van der Waals surface area contributed by atoms with Crippen molar-refractivity contribution in [3.05, 3.63) is 59.7 Å². The third-order valence-electron chi connectivity index (χ3n) is 2.97. The molecule has 0 radical (unpaired) electrons. The van der Waals surface area contributed by atoms with Gasteiger partial charge in [0.25, 0.3) is 0 Å². The molecule has 0 fully saturated rings. The second kappa shape index (κ2) is 7.98. The fraction of sp³-hybridized carbons (Fsp3) is 0.188. The van der Waals surface area contributed by atoms with Crippen LogP contribution in [-0.4, -0.2) is 13.3 Å². The normalized spacial score (nSPS) is 13.5. The zero-order valence-corrected chi connectivity index (χ0v) is 15.9. The summed E-state index contributed by atoms with van der Waals surface area (Å²) in [6.07, 6.45) is 1.09. The number of rotatable bonds is 4. The molecule has 0 amide bonds. The van der Waals surface area contributed by atoms with Gasteiger partial charge in [0.1, 0.15) is 5.75 Å². The molecule has 2 aromatic carbocycles. The predicted octanol–water partition coefficient (Wildman–Crippen LogP) is 6.37. The molecule has 2 rings (SSSR count). The van der Waals surface area contributed by atoms with Crippen LogP contribution in [0.25, 0.3) is 0 Å². The van der Waals surface area contributed by atoms with E-state index in [9.17, 15) is 30.0 Å². The number of carbonyl (C=O) groups is 1. The van der Waals surface area contributed by atoms with E-state index in [-0.39, 0.29) is 0 Å². The van der Waals surface area contributed by atoms with E-state index in [1.165, 1.54) is 12.7 Å². The monoisotopic (exact) mass is 434 g/mol. The van der Waals surface area contributed by atoms with Crippen LogP contribution >= 0.6 is 7.81 Å². The Hall–Kier alpha value is -1.93. The van der Waals surface area contributed by atoms with Crippen LogP contribution in [0.1, 0.15) is 11.1 Å². The molecule has 0 heterocycles. The van der Waals surface area contributed by atoms with E-state index in [4.69, 9.17) is 4.74 Å². The molecule has 0 unspecified atom stereocenters. The zero-order chi connectivity index (χ0) is 20.8. The van der Waals surface area contributed by atoms with Crippen molar-refractivity contribution in [3.8, 4) is 5.75 Å². The first-order valence-electron chi connectivity index (χ1n) is 7.34. The maximum absolute atomic E-state index is 11.1. The maximum atomic E-state index is 11.1. The van der Waals surface area contributed by atoms with E-state index in [1.54, 1.807) is 6.07 Å². The van der Waals surface area contributed by atoms with Crippen molar-refractivity contribution in [2.45, 2.75) is 17.7 Å². The van der Waals surface area contributed by atoms with Gasteiger partial charge < -0.3 is 9.47 Å². The van der Waals surface area contributed by atoms with Gasteiger partial charge in [-0.2, -0.15) is 0 Å². The average molecular weight is 434 g/mol. The van der Waals surface area contributed by atoms with Crippen molar-refractivity contribution in [1.29, 1.82) is 0 Å². The van der Waals surface area contributed by atoms with E-state index >= 15 is 0 Å². The van der Waals surface area contributed by atoms with Crippen LogP contribution in [-0.2, 0) is 30.2 Å².